The molecule has 8 heteroatoms. The van der Waals surface area contributed by atoms with Crippen molar-refractivity contribution in [1.82, 2.24) is 5.01 Å². The van der Waals surface area contributed by atoms with Crippen LogP contribution in [0.25, 0.3) is 0 Å². The monoisotopic (exact) mass is 490 g/mol. The zero-order chi connectivity index (χ0) is 26.3. The standard InChI is InChI=1S/C28H28F2N4O2/c1-4-27(5-2)17-24(33-34(27)26(35)25(30)23(29)19-32-6-3)20-12-9-14-28(36,15-13-20)16-21-10-7-8-11-22(21)18-31/h1,5-8,10-11,19-20,36H,2-3,9,12-17H2/b25-23+,32-19?. The van der Waals surface area contributed by atoms with E-state index in [0.29, 0.717) is 56.0 Å². The molecular formula is C28H28F2N4O2. The number of rotatable bonds is 7. The highest BCUT2D eigenvalue weighted by Crippen LogP contribution is 2.39. The Kier molecular flexibility index (Phi) is 8.34. The van der Waals surface area contributed by atoms with Gasteiger partial charge in [-0.15, -0.1) is 6.42 Å². The third kappa shape index (κ3) is 5.50. The molecular weight excluding hydrogens is 462 g/mol. The Labute approximate surface area is 210 Å². The van der Waals surface area contributed by atoms with E-state index in [1.807, 2.05) is 12.1 Å². The maximum atomic E-state index is 14.5. The minimum absolute atomic E-state index is 0.116. The topological polar surface area (TPSA) is 89.0 Å². The summed E-state index contributed by atoms with van der Waals surface area (Å²) in [6.07, 6.45) is 12.0. The first-order valence-corrected chi connectivity index (χ1v) is 11.7. The van der Waals surface area contributed by atoms with Crippen molar-refractivity contribution in [2.75, 3.05) is 0 Å². The average Bonchev–Trinajstić information content (AvgIpc) is 3.17. The number of aliphatic imine (C=N–C) groups is 1. The number of carbonyl (C=O) groups excluding carboxylic acids is 1. The van der Waals surface area contributed by atoms with Crippen LogP contribution in [0.15, 0.2) is 71.4 Å². The Balaban J connectivity index is 1.83. The Morgan fingerprint density at radius 3 is 2.75 bits per heavy atom. The summed E-state index contributed by atoms with van der Waals surface area (Å²) in [7, 11) is 0. The summed E-state index contributed by atoms with van der Waals surface area (Å²) in [4.78, 5) is 16.2. The third-order valence-corrected chi connectivity index (χ3v) is 6.81. The highest BCUT2D eigenvalue weighted by molar-refractivity contribution is 6.01. The molecule has 0 spiro atoms. The van der Waals surface area contributed by atoms with Gasteiger partial charge in [0.1, 0.15) is 5.54 Å². The Morgan fingerprint density at radius 2 is 2.08 bits per heavy atom. The number of hydrogen-bond donors (Lipinski definition) is 1. The summed E-state index contributed by atoms with van der Waals surface area (Å²) < 4.78 is 28.6. The summed E-state index contributed by atoms with van der Waals surface area (Å²) in [5, 5.41) is 25.8. The number of amides is 1. The molecule has 1 N–H and O–H groups in total. The van der Waals surface area contributed by atoms with Crippen molar-refractivity contribution in [3.63, 3.8) is 0 Å². The van der Waals surface area contributed by atoms with Gasteiger partial charge in [-0.1, -0.05) is 43.4 Å². The van der Waals surface area contributed by atoms with E-state index in [1.165, 1.54) is 6.08 Å². The van der Waals surface area contributed by atoms with Crippen molar-refractivity contribution in [2.45, 2.75) is 56.1 Å². The molecule has 0 bridgehead atoms. The molecule has 3 rings (SSSR count). The molecule has 1 aliphatic heterocycles. The van der Waals surface area contributed by atoms with Crippen LogP contribution < -0.4 is 0 Å². The zero-order valence-corrected chi connectivity index (χ0v) is 20.0. The molecule has 3 unspecified atom stereocenters. The van der Waals surface area contributed by atoms with Gasteiger partial charge in [0.05, 0.1) is 23.4 Å². The molecule has 1 aliphatic carbocycles. The molecule has 1 heterocycles. The smallest absolute Gasteiger partial charge is 0.307 e. The van der Waals surface area contributed by atoms with Crippen LogP contribution in [0.2, 0.25) is 0 Å². The van der Waals surface area contributed by atoms with E-state index in [1.54, 1.807) is 12.1 Å². The van der Waals surface area contributed by atoms with E-state index in [-0.39, 0.29) is 12.3 Å². The molecule has 0 saturated heterocycles. The molecule has 1 fully saturated rings. The second-order valence-corrected chi connectivity index (χ2v) is 9.08. The first-order chi connectivity index (χ1) is 17.2. The van der Waals surface area contributed by atoms with Gasteiger partial charge in [0.2, 0.25) is 5.83 Å². The van der Waals surface area contributed by atoms with Gasteiger partial charge in [-0.05, 0) is 49.7 Å². The van der Waals surface area contributed by atoms with Gasteiger partial charge in [0.25, 0.3) is 0 Å². The molecule has 2 aliphatic rings. The number of nitrogens with zero attached hydrogens (tertiary/aromatic N) is 4. The van der Waals surface area contributed by atoms with Crippen molar-refractivity contribution in [3.05, 3.63) is 72.5 Å². The molecule has 1 aromatic rings. The summed E-state index contributed by atoms with van der Waals surface area (Å²) in [5.41, 5.74) is -0.533. The summed E-state index contributed by atoms with van der Waals surface area (Å²) >= 11 is 0. The minimum Gasteiger partial charge on any atom is -0.390 e. The molecule has 1 saturated carbocycles. The van der Waals surface area contributed by atoms with Gasteiger partial charge in [-0.2, -0.15) is 14.8 Å². The first kappa shape index (κ1) is 26.7. The predicted molar refractivity (Wildman–Crippen MR) is 135 cm³/mol. The van der Waals surface area contributed by atoms with E-state index in [0.717, 1.165) is 16.8 Å². The quantitative estimate of drug-likeness (QED) is 0.193. The van der Waals surface area contributed by atoms with Crippen molar-refractivity contribution >= 4 is 17.8 Å². The van der Waals surface area contributed by atoms with Crippen LogP contribution in [0.5, 0.6) is 0 Å². The predicted octanol–water partition coefficient (Wildman–Crippen LogP) is 4.92. The third-order valence-electron chi connectivity index (χ3n) is 6.81. The van der Waals surface area contributed by atoms with Gasteiger partial charge >= 0.3 is 5.91 Å². The zero-order valence-electron chi connectivity index (χ0n) is 20.0. The number of allylic oxidation sites excluding steroid dienone is 1. The fourth-order valence-electron chi connectivity index (χ4n) is 4.79. The second-order valence-electron chi connectivity index (χ2n) is 9.08. The van der Waals surface area contributed by atoms with Crippen LogP contribution in [-0.4, -0.2) is 39.1 Å². The Bertz CT molecular complexity index is 1220. The van der Waals surface area contributed by atoms with Crippen molar-refractivity contribution < 1.29 is 18.7 Å². The maximum absolute atomic E-state index is 14.5. The van der Waals surface area contributed by atoms with Gasteiger partial charge in [0, 0.05) is 24.8 Å². The molecule has 6 nitrogen and oxygen atoms in total. The number of aliphatic hydroxyl groups is 1. The van der Waals surface area contributed by atoms with Crippen LogP contribution in [0.4, 0.5) is 8.78 Å². The van der Waals surface area contributed by atoms with Gasteiger partial charge in [-0.3, -0.25) is 9.79 Å². The van der Waals surface area contributed by atoms with Crippen LogP contribution in [0, 0.1) is 29.6 Å². The fraction of sp³-hybridized carbons (Fsp3) is 0.357. The van der Waals surface area contributed by atoms with E-state index in [4.69, 9.17) is 6.42 Å². The number of terminal acetylenes is 1. The molecule has 186 valence electrons. The average molecular weight is 491 g/mol. The molecule has 3 atom stereocenters. The number of nitriles is 1. The SMILES string of the molecule is C#CC1(C=C)CC(C2CCCC(O)(Cc3ccccc3C#N)CC2)=NN1C(=O)/C(F)=C(\F)C=NC=C. The van der Waals surface area contributed by atoms with Crippen molar-refractivity contribution in [1.29, 1.82) is 5.26 Å². The fourth-order valence-corrected chi connectivity index (χ4v) is 4.79. The largest absolute Gasteiger partial charge is 0.390 e. The lowest BCUT2D eigenvalue weighted by atomic mass is 9.84. The molecule has 0 radical (unpaired) electrons. The molecule has 1 amide bonds. The summed E-state index contributed by atoms with van der Waals surface area (Å²) in [6.45, 7) is 6.99. The highest BCUT2D eigenvalue weighted by atomic mass is 19.2. The Morgan fingerprint density at radius 1 is 1.33 bits per heavy atom. The lowest BCUT2D eigenvalue weighted by Crippen LogP contribution is -2.43. The van der Waals surface area contributed by atoms with Crippen molar-refractivity contribution in [3.8, 4) is 18.4 Å². The van der Waals surface area contributed by atoms with Crippen molar-refractivity contribution in [2.24, 2.45) is 16.0 Å². The van der Waals surface area contributed by atoms with E-state index in [9.17, 15) is 23.9 Å². The number of hydrogen-bond acceptors (Lipinski definition) is 5. The van der Waals surface area contributed by atoms with E-state index < -0.39 is 28.7 Å². The number of hydrazone groups is 1. The highest BCUT2D eigenvalue weighted by Gasteiger charge is 2.46. The van der Waals surface area contributed by atoms with Gasteiger partial charge in [-0.25, -0.2) is 9.40 Å². The van der Waals surface area contributed by atoms with E-state index >= 15 is 0 Å². The summed E-state index contributed by atoms with van der Waals surface area (Å²) in [5.74, 6) is -2.10. The number of halogens is 2. The number of carbonyl (C=O) groups is 1. The number of benzene rings is 1. The van der Waals surface area contributed by atoms with Crippen LogP contribution in [0.1, 0.15) is 49.7 Å². The van der Waals surface area contributed by atoms with Gasteiger partial charge in [0.15, 0.2) is 5.83 Å². The van der Waals surface area contributed by atoms with Crippen LogP contribution in [-0.2, 0) is 11.2 Å². The first-order valence-electron chi connectivity index (χ1n) is 11.7. The molecule has 0 aromatic heterocycles. The lowest BCUT2D eigenvalue weighted by molar-refractivity contribution is -0.131. The normalized spacial score (nSPS) is 26.9. The molecule has 1 aromatic carbocycles. The van der Waals surface area contributed by atoms with Gasteiger partial charge < -0.3 is 5.11 Å². The molecule has 36 heavy (non-hydrogen) atoms. The lowest BCUT2D eigenvalue weighted by Gasteiger charge is -2.28. The van der Waals surface area contributed by atoms with Crippen LogP contribution in [0.3, 0.4) is 0 Å². The Hall–Kier alpha value is -3.88. The summed E-state index contributed by atoms with van der Waals surface area (Å²) in [6, 6.07) is 9.36. The minimum atomic E-state index is -1.67. The van der Waals surface area contributed by atoms with Crippen LogP contribution >= 0.6 is 0 Å². The maximum Gasteiger partial charge on any atom is 0.307 e. The van der Waals surface area contributed by atoms with E-state index in [2.05, 4.69) is 35.2 Å². The second kappa shape index (κ2) is 11.2.